The number of hydrogen-bond donors (Lipinski definition) is 1. The molecule has 0 radical (unpaired) electrons. The summed E-state index contributed by atoms with van der Waals surface area (Å²) in [4.78, 5) is 14.5. The van der Waals surface area contributed by atoms with E-state index in [-0.39, 0.29) is 12.0 Å². The maximum Gasteiger partial charge on any atom is 0.324 e. The number of piperazine rings is 1. The molecule has 0 spiro atoms. The SMILES string of the molecule is COc1nc(OC)nc(N2CCN[C@@H](C)C2)n1. The molecule has 1 N–H and O–H groups in total. The van der Waals surface area contributed by atoms with E-state index in [0.717, 1.165) is 19.6 Å². The maximum absolute atomic E-state index is 5.03. The molecule has 0 amide bonds. The molecule has 7 heteroatoms. The van der Waals surface area contributed by atoms with Crippen LogP contribution in [0.15, 0.2) is 0 Å². The summed E-state index contributed by atoms with van der Waals surface area (Å²) >= 11 is 0. The Balaban J connectivity index is 2.23. The minimum Gasteiger partial charge on any atom is -0.467 e. The van der Waals surface area contributed by atoms with Crippen molar-refractivity contribution < 1.29 is 9.47 Å². The Bertz CT molecular complexity index is 365. The number of hydrogen-bond acceptors (Lipinski definition) is 7. The van der Waals surface area contributed by atoms with Crippen molar-refractivity contribution in [2.45, 2.75) is 13.0 Å². The van der Waals surface area contributed by atoms with E-state index in [1.807, 2.05) is 0 Å². The van der Waals surface area contributed by atoms with Gasteiger partial charge in [-0.1, -0.05) is 0 Å². The molecule has 0 unspecified atom stereocenters. The van der Waals surface area contributed by atoms with Gasteiger partial charge in [-0.15, -0.1) is 4.98 Å². The van der Waals surface area contributed by atoms with Crippen LogP contribution in [0.1, 0.15) is 6.92 Å². The summed E-state index contributed by atoms with van der Waals surface area (Å²) in [7, 11) is 3.05. The Labute approximate surface area is 100 Å². The van der Waals surface area contributed by atoms with Crippen LogP contribution in [0.5, 0.6) is 12.0 Å². The summed E-state index contributed by atoms with van der Waals surface area (Å²) < 4.78 is 10.1. The second kappa shape index (κ2) is 5.13. The molecule has 1 aromatic rings. The van der Waals surface area contributed by atoms with E-state index in [2.05, 4.69) is 32.1 Å². The van der Waals surface area contributed by atoms with Crippen LogP contribution in [0.25, 0.3) is 0 Å². The molecule has 17 heavy (non-hydrogen) atoms. The van der Waals surface area contributed by atoms with E-state index in [1.54, 1.807) is 0 Å². The zero-order valence-corrected chi connectivity index (χ0v) is 10.3. The number of methoxy groups -OCH3 is 2. The number of anilines is 1. The van der Waals surface area contributed by atoms with Crippen LogP contribution in [0.4, 0.5) is 5.95 Å². The quantitative estimate of drug-likeness (QED) is 0.775. The van der Waals surface area contributed by atoms with Crippen LogP contribution < -0.4 is 19.7 Å². The molecule has 0 aromatic carbocycles. The normalized spacial score (nSPS) is 20.2. The molecule has 0 saturated carbocycles. The summed E-state index contributed by atoms with van der Waals surface area (Å²) in [5, 5.41) is 3.36. The summed E-state index contributed by atoms with van der Waals surface area (Å²) in [6.07, 6.45) is 0. The van der Waals surface area contributed by atoms with E-state index < -0.39 is 0 Å². The van der Waals surface area contributed by atoms with Crippen LogP contribution in [0.2, 0.25) is 0 Å². The van der Waals surface area contributed by atoms with E-state index in [9.17, 15) is 0 Å². The average molecular weight is 239 g/mol. The minimum absolute atomic E-state index is 0.276. The van der Waals surface area contributed by atoms with Gasteiger partial charge in [0.1, 0.15) is 0 Å². The first-order valence-corrected chi connectivity index (χ1v) is 5.55. The number of ether oxygens (including phenoxy) is 2. The van der Waals surface area contributed by atoms with E-state index in [0.29, 0.717) is 12.0 Å². The zero-order valence-electron chi connectivity index (χ0n) is 10.3. The molecule has 2 rings (SSSR count). The monoisotopic (exact) mass is 239 g/mol. The molecule has 0 aliphatic carbocycles. The van der Waals surface area contributed by atoms with Gasteiger partial charge >= 0.3 is 12.0 Å². The highest BCUT2D eigenvalue weighted by Gasteiger charge is 2.20. The van der Waals surface area contributed by atoms with E-state index in [4.69, 9.17) is 9.47 Å². The molecule has 7 nitrogen and oxygen atoms in total. The Morgan fingerprint density at radius 1 is 1.18 bits per heavy atom. The van der Waals surface area contributed by atoms with Gasteiger partial charge in [-0.3, -0.25) is 0 Å². The van der Waals surface area contributed by atoms with Crippen LogP contribution in [-0.2, 0) is 0 Å². The van der Waals surface area contributed by atoms with Crippen LogP contribution >= 0.6 is 0 Å². The Morgan fingerprint density at radius 2 is 1.82 bits per heavy atom. The fraction of sp³-hybridized carbons (Fsp3) is 0.700. The highest BCUT2D eigenvalue weighted by atomic mass is 16.5. The summed E-state index contributed by atoms with van der Waals surface area (Å²) in [6, 6.07) is 0.966. The number of rotatable bonds is 3. The molecule has 1 fully saturated rings. The van der Waals surface area contributed by atoms with Crippen molar-refractivity contribution in [2.75, 3.05) is 38.8 Å². The topological polar surface area (TPSA) is 72.4 Å². The minimum atomic E-state index is 0.276. The number of aromatic nitrogens is 3. The highest BCUT2D eigenvalue weighted by molar-refractivity contribution is 5.33. The fourth-order valence-electron chi connectivity index (χ4n) is 1.77. The van der Waals surface area contributed by atoms with Crippen molar-refractivity contribution >= 4 is 5.95 Å². The van der Waals surface area contributed by atoms with Crippen molar-refractivity contribution in [3.63, 3.8) is 0 Å². The molecule has 1 aromatic heterocycles. The number of nitrogens with one attached hydrogen (secondary N) is 1. The fourth-order valence-corrected chi connectivity index (χ4v) is 1.77. The first-order valence-electron chi connectivity index (χ1n) is 5.55. The largest absolute Gasteiger partial charge is 0.467 e. The third kappa shape index (κ3) is 2.73. The van der Waals surface area contributed by atoms with Gasteiger partial charge in [-0.25, -0.2) is 0 Å². The Morgan fingerprint density at radius 3 is 2.35 bits per heavy atom. The van der Waals surface area contributed by atoms with Crippen LogP contribution in [0.3, 0.4) is 0 Å². The van der Waals surface area contributed by atoms with Crippen molar-refractivity contribution in [1.29, 1.82) is 0 Å². The highest BCUT2D eigenvalue weighted by Crippen LogP contribution is 2.16. The standard InChI is InChI=1S/C10H17N5O2/c1-7-6-15(5-4-11-7)8-12-9(16-2)14-10(13-8)17-3/h7,11H,4-6H2,1-3H3/t7-/m0/s1. The molecular weight excluding hydrogens is 222 g/mol. The second-order valence-corrected chi connectivity index (χ2v) is 3.91. The molecule has 1 aliphatic heterocycles. The van der Waals surface area contributed by atoms with Crippen molar-refractivity contribution in [3.05, 3.63) is 0 Å². The van der Waals surface area contributed by atoms with Gasteiger partial charge in [-0.2, -0.15) is 9.97 Å². The van der Waals surface area contributed by atoms with Gasteiger partial charge in [0.2, 0.25) is 5.95 Å². The van der Waals surface area contributed by atoms with E-state index in [1.165, 1.54) is 14.2 Å². The summed E-state index contributed by atoms with van der Waals surface area (Å²) in [5.41, 5.74) is 0. The van der Waals surface area contributed by atoms with Crippen LogP contribution in [-0.4, -0.2) is 54.8 Å². The van der Waals surface area contributed by atoms with Gasteiger partial charge < -0.3 is 19.7 Å². The summed E-state index contributed by atoms with van der Waals surface area (Å²) in [6.45, 7) is 4.76. The summed E-state index contributed by atoms with van der Waals surface area (Å²) in [5.74, 6) is 0.599. The predicted molar refractivity (Wildman–Crippen MR) is 62.6 cm³/mol. The second-order valence-electron chi connectivity index (χ2n) is 3.91. The van der Waals surface area contributed by atoms with Gasteiger partial charge in [0.25, 0.3) is 0 Å². The first-order chi connectivity index (χ1) is 8.22. The third-order valence-corrected chi connectivity index (χ3v) is 2.60. The Hall–Kier alpha value is -1.63. The molecule has 1 saturated heterocycles. The lowest BCUT2D eigenvalue weighted by Crippen LogP contribution is -2.49. The lowest BCUT2D eigenvalue weighted by atomic mass is 10.2. The van der Waals surface area contributed by atoms with Crippen molar-refractivity contribution in [1.82, 2.24) is 20.3 Å². The molecule has 1 aliphatic rings. The molecular formula is C10H17N5O2. The maximum atomic E-state index is 5.03. The van der Waals surface area contributed by atoms with Gasteiger partial charge in [0, 0.05) is 25.7 Å². The smallest absolute Gasteiger partial charge is 0.324 e. The number of nitrogens with zero attached hydrogens (tertiary/aromatic N) is 4. The van der Waals surface area contributed by atoms with Crippen LogP contribution in [0, 0.1) is 0 Å². The Kier molecular flexibility index (Phi) is 3.58. The molecule has 2 heterocycles. The van der Waals surface area contributed by atoms with Gasteiger partial charge in [0.15, 0.2) is 0 Å². The first kappa shape index (κ1) is 11.8. The van der Waals surface area contributed by atoms with Crippen molar-refractivity contribution in [3.8, 4) is 12.0 Å². The lowest BCUT2D eigenvalue weighted by molar-refractivity contribution is 0.338. The van der Waals surface area contributed by atoms with E-state index >= 15 is 0 Å². The van der Waals surface area contributed by atoms with Crippen molar-refractivity contribution in [2.24, 2.45) is 0 Å². The molecule has 1 atom stereocenters. The zero-order chi connectivity index (χ0) is 12.3. The lowest BCUT2D eigenvalue weighted by Gasteiger charge is -2.31. The molecule has 0 bridgehead atoms. The average Bonchev–Trinajstić information content (AvgIpc) is 2.38. The molecule has 94 valence electrons. The third-order valence-electron chi connectivity index (χ3n) is 2.60. The predicted octanol–water partition coefficient (Wildman–Crippen LogP) is -0.313. The van der Waals surface area contributed by atoms with Gasteiger partial charge in [0.05, 0.1) is 14.2 Å². The van der Waals surface area contributed by atoms with Gasteiger partial charge in [-0.05, 0) is 6.92 Å².